The van der Waals surface area contributed by atoms with Gasteiger partial charge in [-0.05, 0) is 25.5 Å². The largest absolute Gasteiger partial charge is 0.443 e. The predicted molar refractivity (Wildman–Crippen MR) is 108 cm³/mol. The van der Waals surface area contributed by atoms with Crippen LogP contribution in [0.25, 0.3) is 28.5 Å². The van der Waals surface area contributed by atoms with Crippen LogP contribution in [0.4, 0.5) is 5.82 Å². The van der Waals surface area contributed by atoms with E-state index in [1.807, 2.05) is 36.6 Å². The van der Waals surface area contributed by atoms with Crippen molar-refractivity contribution in [3.05, 3.63) is 60.7 Å². The summed E-state index contributed by atoms with van der Waals surface area (Å²) in [5, 5.41) is 2.68. The number of imidazole rings is 1. The molecule has 9 nitrogen and oxygen atoms in total. The minimum atomic E-state index is -0.470. The first-order chi connectivity index (χ1) is 14.0. The number of nitrogen functional groups attached to an aromatic ring is 1. The van der Waals surface area contributed by atoms with Crippen molar-refractivity contribution >= 4 is 17.4 Å². The van der Waals surface area contributed by atoms with Gasteiger partial charge < -0.3 is 19.9 Å². The number of fused-ring (bicyclic) bond motifs is 1. The topological polar surface area (TPSA) is 124 Å². The molecular weight excluding hydrogens is 370 g/mol. The molecule has 0 saturated heterocycles. The fourth-order valence-corrected chi connectivity index (χ4v) is 2.86. The van der Waals surface area contributed by atoms with Gasteiger partial charge in [-0.3, -0.25) is 4.79 Å². The van der Waals surface area contributed by atoms with Crippen LogP contribution in [0.3, 0.4) is 0 Å². The number of anilines is 1. The van der Waals surface area contributed by atoms with E-state index < -0.39 is 5.91 Å². The van der Waals surface area contributed by atoms with E-state index in [0.29, 0.717) is 29.1 Å². The summed E-state index contributed by atoms with van der Waals surface area (Å²) in [6.07, 6.45) is 7.18. The van der Waals surface area contributed by atoms with Crippen molar-refractivity contribution in [2.45, 2.75) is 20.3 Å². The van der Waals surface area contributed by atoms with Crippen molar-refractivity contribution in [2.24, 2.45) is 0 Å². The molecule has 3 N–H and O–H groups in total. The average molecular weight is 389 g/mol. The third kappa shape index (κ3) is 3.33. The zero-order valence-corrected chi connectivity index (χ0v) is 16.0. The number of pyridine rings is 1. The van der Waals surface area contributed by atoms with Crippen LogP contribution in [0.5, 0.6) is 0 Å². The molecule has 0 aromatic carbocycles. The van der Waals surface area contributed by atoms with E-state index in [0.717, 1.165) is 11.3 Å². The lowest BCUT2D eigenvalue weighted by Gasteiger charge is -2.12. The van der Waals surface area contributed by atoms with E-state index in [4.69, 9.17) is 10.2 Å². The quantitative estimate of drug-likeness (QED) is 0.537. The maximum Gasteiger partial charge on any atom is 0.277 e. The summed E-state index contributed by atoms with van der Waals surface area (Å²) in [5.41, 5.74) is 9.84. The summed E-state index contributed by atoms with van der Waals surface area (Å²) >= 11 is 0. The van der Waals surface area contributed by atoms with Crippen molar-refractivity contribution in [3.8, 4) is 22.8 Å². The molecule has 0 unspecified atom stereocenters. The van der Waals surface area contributed by atoms with E-state index in [2.05, 4.69) is 31.8 Å². The van der Waals surface area contributed by atoms with Crippen molar-refractivity contribution in [1.82, 2.24) is 29.7 Å². The Morgan fingerprint density at radius 3 is 2.83 bits per heavy atom. The Balaban J connectivity index is 1.91. The Morgan fingerprint density at radius 1 is 1.28 bits per heavy atom. The fraction of sp³-hybridized carbons (Fsp3) is 0.150. The fourth-order valence-electron chi connectivity index (χ4n) is 2.86. The van der Waals surface area contributed by atoms with Gasteiger partial charge in [0.25, 0.3) is 5.91 Å². The Kier molecular flexibility index (Phi) is 4.55. The summed E-state index contributed by atoms with van der Waals surface area (Å²) in [5.74, 6) is -0.239. The number of carbonyl (C=O) groups excluding carboxylic acids is 1. The highest BCUT2D eigenvalue weighted by molar-refractivity contribution is 5.98. The molecule has 4 rings (SSSR count). The van der Waals surface area contributed by atoms with Crippen LogP contribution in [0.1, 0.15) is 29.5 Å². The number of oxazole rings is 1. The van der Waals surface area contributed by atoms with Crippen LogP contribution < -0.4 is 11.1 Å². The normalized spacial score (nSPS) is 11.0. The average Bonchev–Trinajstić information content (AvgIpc) is 3.37. The van der Waals surface area contributed by atoms with Gasteiger partial charge in [0.2, 0.25) is 5.89 Å². The number of nitrogens with one attached hydrogen (secondary N) is 1. The van der Waals surface area contributed by atoms with Crippen LogP contribution in [-0.2, 0) is 0 Å². The van der Waals surface area contributed by atoms with Gasteiger partial charge in [0.1, 0.15) is 17.6 Å². The van der Waals surface area contributed by atoms with Gasteiger partial charge in [0.05, 0.1) is 6.20 Å². The molecule has 0 radical (unpaired) electrons. The van der Waals surface area contributed by atoms with Crippen molar-refractivity contribution in [2.75, 3.05) is 5.73 Å². The Morgan fingerprint density at radius 2 is 2.10 bits per heavy atom. The number of hydrogen-bond acceptors (Lipinski definition) is 7. The summed E-state index contributed by atoms with van der Waals surface area (Å²) in [6, 6.07) is 3.71. The minimum absolute atomic E-state index is 0.00681. The van der Waals surface area contributed by atoms with Crippen LogP contribution in [0, 0.1) is 6.92 Å². The van der Waals surface area contributed by atoms with Crippen molar-refractivity contribution in [3.63, 3.8) is 0 Å². The van der Waals surface area contributed by atoms with E-state index in [1.54, 1.807) is 6.20 Å². The van der Waals surface area contributed by atoms with Crippen LogP contribution >= 0.6 is 0 Å². The van der Waals surface area contributed by atoms with Gasteiger partial charge in [0.15, 0.2) is 17.2 Å². The number of aromatic nitrogens is 5. The number of nitrogens with two attached hydrogens (primary N) is 1. The predicted octanol–water partition coefficient (Wildman–Crippen LogP) is 2.99. The Labute approximate surface area is 166 Å². The van der Waals surface area contributed by atoms with Gasteiger partial charge in [-0.2, -0.15) is 0 Å². The van der Waals surface area contributed by atoms with Crippen LogP contribution in [0.15, 0.2) is 53.7 Å². The Hall–Kier alpha value is -4.01. The van der Waals surface area contributed by atoms with Crippen LogP contribution in [0.2, 0.25) is 0 Å². The first-order valence-corrected chi connectivity index (χ1v) is 8.98. The second kappa shape index (κ2) is 7.19. The highest BCUT2D eigenvalue weighted by atomic mass is 16.3. The van der Waals surface area contributed by atoms with E-state index in [-0.39, 0.29) is 17.4 Å². The summed E-state index contributed by atoms with van der Waals surface area (Å²) in [7, 11) is 0. The highest BCUT2D eigenvalue weighted by Gasteiger charge is 2.22. The molecule has 146 valence electrons. The lowest BCUT2D eigenvalue weighted by atomic mass is 10.1. The highest BCUT2D eigenvalue weighted by Crippen LogP contribution is 2.30. The first kappa shape index (κ1) is 18.4. The monoisotopic (exact) mass is 389 g/mol. The lowest BCUT2D eigenvalue weighted by molar-refractivity contribution is 0.0961. The molecule has 0 aliphatic carbocycles. The number of amides is 1. The van der Waals surface area contributed by atoms with E-state index in [1.165, 1.54) is 12.5 Å². The lowest BCUT2D eigenvalue weighted by Crippen LogP contribution is -2.25. The molecule has 0 atom stereocenters. The van der Waals surface area contributed by atoms with Gasteiger partial charge >= 0.3 is 0 Å². The molecular formula is C20H19N7O2. The first-order valence-electron chi connectivity index (χ1n) is 8.98. The second-order valence-electron chi connectivity index (χ2n) is 6.45. The Bertz CT molecular complexity index is 1230. The standard InChI is InChI=1S/C20H19N7O2/c1-4-11(2)24-19(28)17-18(21)26-16(20-22-7-8-29-20)15(25-17)13-5-6-14-23-9-12(3)27(14)10-13/h5-10H,2,4H2,1,3H3,(H2,21,26)(H,24,28). The maximum absolute atomic E-state index is 12.6. The minimum Gasteiger partial charge on any atom is -0.443 e. The number of rotatable bonds is 5. The molecule has 0 aliphatic rings. The van der Waals surface area contributed by atoms with E-state index in [9.17, 15) is 4.79 Å². The molecule has 0 fully saturated rings. The summed E-state index contributed by atoms with van der Waals surface area (Å²) < 4.78 is 7.33. The SMILES string of the molecule is C=C(CC)NC(=O)c1nc(-c2ccc3ncc(C)n3c2)c(-c2ncco2)nc1N. The van der Waals surface area contributed by atoms with Gasteiger partial charge in [-0.15, -0.1) is 0 Å². The number of allylic oxidation sites excluding steroid dienone is 1. The van der Waals surface area contributed by atoms with Crippen molar-refractivity contribution < 1.29 is 9.21 Å². The molecule has 29 heavy (non-hydrogen) atoms. The summed E-state index contributed by atoms with van der Waals surface area (Å²) in [4.78, 5) is 30.0. The molecule has 4 heterocycles. The zero-order valence-electron chi connectivity index (χ0n) is 16.0. The number of aryl methyl sites for hydroxylation is 1. The molecule has 4 aromatic heterocycles. The molecule has 0 saturated carbocycles. The number of carbonyl (C=O) groups is 1. The maximum atomic E-state index is 12.6. The van der Waals surface area contributed by atoms with Crippen molar-refractivity contribution in [1.29, 1.82) is 0 Å². The summed E-state index contributed by atoms with van der Waals surface area (Å²) in [6.45, 7) is 7.62. The zero-order chi connectivity index (χ0) is 20.5. The van der Waals surface area contributed by atoms with Gasteiger partial charge in [-0.1, -0.05) is 13.5 Å². The smallest absolute Gasteiger partial charge is 0.277 e. The molecule has 4 aromatic rings. The molecule has 9 heteroatoms. The third-order valence-corrected chi connectivity index (χ3v) is 4.45. The molecule has 0 bridgehead atoms. The van der Waals surface area contributed by atoms with Crippen LogP contribution in [-0.4, -0.2) is 30.2 Å². The van der Waals surface area contributed by atoms with Gasteiger partial charge in [0, 0.05) is 29.3 Å². The molecule has 0 spiro atoms. The second-order valence-corrected chi connectivity index (χ2v) is 6.45. The van der Waals surface area contributed by atoms with E-state index >= 15 is 0 Å². The molecule has 0 aliphatic heterocycles. The van der Waals surface area contributed by atoms with Gasteiger partial charge in [-0.25, -0.2) is 19.9 Å². The molecule has 1 amide bonds. The number of nitrogens with zero attached hydrogens (tertiary/aromatic N) is 5. The third-order valence-electron chi connectivity index (χ3n) is 4.45. The number of hydrogen-bond donors (Lipinski definition) is 2.